The Morgan fingerprint density at radius 3 is 2.41 bits per heavy atom. The van der Waals surface area contributed by atoms with E-state index in [1.54, 1.807) is 12.1 Å². The van der Waals surface area contributed by atoms with Gasteiger partial charge < -0.3 is 19.1 Å². The Hall–Kier alpha value is -3.20. The molecule has 0 radical (unpaired) electrons. The number of nitrogens with one attached hydrogen (secondary N) is 1. The number of halogens is 4. The molecule has 0 aliphatic heterocycles. The number of anilines is 1. The van der Waals surface area contributed by atoms with E-state index in [1.807, 2.05) is 0 Å². The highest BCUT2D eigenvalue weighted by atomic mass is 35.5. The lowest BCUT2D eigenvalue weighted by Crippen LogP contribution is -2.37. The lowest BCUT2D eigenvalue weighted by molar-refractivity contribution is -0.137. The summed E-state index contributed by atoms with van der Waals surface area (Å²) < 4.78 is 49.2. The highest BCUT2D eigenvalue weighted by Crippen LogP contribution is 2.36. The summed E-state index contributed by atoms with van der Waals surface area (Å²) in [5, 5.41) is 1.86. The molecule has 10 heteroatoms. The Labute approximate surface area is 167 Å². The van der Waals surface area contributed by atoms with E-state index in [9.17, 15) is 22.8 Å². The zero-order valence-corrected chi connectivity index (χ0v) is 15.5. The molecule has 0 atom stereocenters. The molecular weight excluding hydrogens is 413 g/mol. The molecular formula is C19H14ClF3N2O4. The number of hydrogen-bond donors (Lipinski definition) is 1. The van der Waals surface area contributed by atoms with Crippen molar-refractivity contribution in [3.63, 3.8) is 0 Å². The zero-order chi connectivity index (χ0) is 21.0. The molecule has 152 valence electrons. The molecule has 0 aliphatic carbocycles. The van der Waals surface area contributed by atoms with Gasteiger partial charge in [-0.3, -0.25) is 9.59 Å². The van der Waals surface area contributed by atoms with Crippen molar-refractivity contribution >= 4 is 29.1 Å². The number of alkyl halides is 3. The van der Waals surface area contributed by atoms with Gasteiger partial charge in [0.2, 0.25) is 5.91 Å². The molecule has 0 bridgehead atoms. The summed E-state index contributed by atoms with van der Waals surface area (Å²) in [7, 11) is 0. The fraction of sp³-hybridized carbons (Fsp3) is 0.158. The molecule has 0 aliphatic rings. The van der Waals surface area contributed by atoms with Crippen LogP contribution in [0.25, 0.3) is 0 Å². The first-order valence-corrected chi connectivity index (χ1v) is 8.63. The van der Waals surface area contributed by atoms with Crippen LogP contribution in [0.2, 0.25) is 5.02 Å². The monoisotopic (exact) mass is 426 g/mol. The fourth-order valence-electron chi connectivity index (χ4n) is 2.54. The smallest absolute Gasteiger partial charge is 0.417 e. The third kappa shape index (κ3) is 5.20. The highest BCUT2D eigenvalue weighted by molar-refractivity contribution is 6.31. The largest absolute Gasteiger partial charge is 0.467 e. The normalized spacial score (nSPS) is 11.3. The molecule has 6 nitrogen and oxygen atoms in total. The van der Waals surface area contributed by atoms with E-state index >= 15 is 0 Å². The van der Waals surface area contributed by atoms with Crippen LogP contribution in [0.4, 0.5) is 18.9 Å². The lowest BCUT2D eigenvalue weighted by atomic mass is 10.2. The predicted molar refractivity (Wildman–Crippen MR) is 97.2 cm³/mol. The summed E-state index contributed by atoms with van der Waals surface area (Å²) in [6.45, 7) is -0.474. The van der Waals surface area contributed by atoms with Crippen molar-refractivity contribution in [3.8, 4) is 0 Å². The van der Waals surface area contributed by atoms with Gasteiger partial charge in [0.05, 0.1) is 29.7 Å². The van der Waals surface area contributed by atoms with Crippen molar-refractivity contribution in [2.45, 2.75) is 12.7 Å². The van der Waals surface area contributed by atoms with Gasteiger partial charge in [0.1, 0.15) is 12.3 Å². The van der Waals surface area contributed by atoms with Crippen molar-refractivity contribution in [3.05, 3.63) is 77.1 Å². The first-order valence-electron chi connectivity index (χ1n) is 8.26. The van der Waals surface area contributed by atoms with E-state index in [4.69, 9.17) is 20.4 Å². The van der Waals surface area contributed by atoms with Gasteiger partial charge in [0.25, 0.3) is 5.91 Å². The maximum atomic E-state index is 13.0. The molecule has 3 rings (SSSR count). The summed E-state index contributed by atoms with van der Waals surface area (Å²) in [5.74, 6) is -0.848. The lowest BCUT2D eigenvalue weighted by Gasteiger charge is -2.20. The summed E-state index contributed by atoms with van der Waals surface area (Å²) in [6, 6.07) is 9.20. The second kappa shape index (κ2) is 8.44. The van der Waals surface area contributed by atoms with E-state index in [2.05, 4.69) is 5.32 Å². The molecule has 0 unspecified atom stereocenters. The molecule has 0 saturated heterocycles. The third-order valence-electron chi connectivity index (χ3n) is 3.84. The minimum atomic E-state index is -4.67. The van der Waals surface area contributed by atoms with E-state index in [0.717, 1.165) is 17.0 Å². The van der Waals surface area contributed by atoms with Gasteiger partial charge in [0, 0.05) is 5.69 Å². The third-order valence-corrected chi connectivity index (χ3v) is 4.17. The van der Waals surface area contributed by atoms with Gasteiger partial charge in [-0.15, -0.1) is 0 Å². The molecule has 2 amide bonds. The van der Waals surface area contributed by atoms with Crippen LogP contribution in [-0.4, -0.2) is 23.3 Å². The topological polar surface area (TPSA) is 75.7 Å². The maximum Gasteiger partial charge on any atom is 0.417 e. The number of rotatable bonds is 6. The average molecular weight is 427 g/mol. The van der Waals surface area contributed by atoms with Crippen LogP contribution >= 0.6 is 11.6 Å². The van der Waals surface area contributed by atoms with Crippen molar-refractivity contribution in [2.24, 2.45) is 0 Å². The van der Waals surface area contributed by atoms with Gasteiger partial charge >= 0.3 is 6.18 Å². The molecule has 0 saturated carbocycles. The molecule has 0 spiro atoms. The average Bonchev–Trinajstić information content (AvgIpc) is 3.35. The van der Waals surface area contributed by atoms with Crippen molar-refractivity contribution in [1.29, 1.82) is 0 Å². The summed E-state index contributed by atoms with van der Waals surface area (Å²) in [4.78, 5) is 26.1. The fourth-order valence-corrected chi connectivity index (χ4v) is 2.77. The van der Waals surface area contributed by atoms with Crippen molar-refractivity contribution in [1.82, 2.24) is 4.90 Å². The zero-order valence-electron chi connectivity index (χ0n) is 14.7. The first-order chi connectivity index (χ1) is 13.7. The van der Waals surface area contributed by atoms with Crippen LogP contribution in [0.15, 0.2) is 63.8 Å². The molecule has 1 aromatic carbocycles. The second-order valence-corrected chi connectivity index (χ2v) is 6.37. The standard InChI is InChI=1S/C19H14ClF3N2O4/c20-15-6-5-12(9-14(15)19(21,22)23)24-17(26)11-25(10-13-3-1-7-28-13)18(27)16-4-2-8-29-16/h1-9H,10-11H2,(H,24,26). The summed E-state index contributed by atoms with van der Waals surface area (Å²) >= 11 is 5.57. The van der Waals surface area contributed by atoms with Gasteiger partial charge in [0.15, 0.2) is 5.76 Å². The Morgan fingerprint density at radius 1 is 1.07 bits per heavy atom. The predicted octanol–water partition coefficient (Wildman–Crippen LogP) is 4.83. The summed E-state index contributed by atoms with van der Waals surface area (Å²) in [6.07, 6.45) is -1.94. The molecule has 1 N–H and O–H groups in total. The summed E-state index contributed by atoms with van der Waals surface area (Å²) in [5.41, 5.74) is -1.17. The van der Waals surface area contributed by atoms with Crippen molar-refractivity contribution in [2.75, 3.05) is 11.9 Å². The van der Waals surface area contributed by atoms with Crippen molar-refractivity contribution < 1.29 is 31.6 Å². The Bertz CT molecular complexity index is 986. The van der Waals surface area contributed by atoms with Crippen LogP contribution in [-0.2, 0) is 17.5 Å². The number of amides is 2. The van der Waals surface area contributed by atoms with E-state index < -0.39 is 35.1 Å². The van der Waals surface area contributed by atoms with Crippen LogP contribution in [0.3, 0.4) is 0 Å². The van der Waals surface area contributed by atoms with Crippen LogP contribution in [0.5, 0.6) is 0 Å². The number of carbonyl (C=O) groups excluding carboxylic acids is 2. The van der Waals surface area contributed by atoms with Crippen LogP contribution in [0, 0.1) is 0 Å². The second-order valence-electron chi connectivity index (χ2n) is 5.96. The molecule has 2 aromatic heterocycles. The van der Waals surface area contributed by atoms with Gasteiger partial charge in [-0.1, -0.05) is 11.6 Å². The highest BCUT2D eigenvalue weighted by Gasteiger charge is 2.33. The molecule has 3 aromatic rings. The molecule has 0 fully saturated rings. The Balaban J connectivity index is 1.75. The number of furan rings is 2. The number of benzene rings is 1. The number of carbonyl (C=O) groups is 2. The SMILES string of the molecule is O=C(CN(Cc1ccco1)C(=O)c1ccco1)Nc1ccc(Cl)c(C(F)(F)F)c1. The van der Waals surface area contributed by atoms with E-state index in [-0.39, 0.29) is 18.0 Å². The molecule has 2 heterocycles. The molecule has 29 heavy (non-hydrogen) atoms. The minimum Gasteiger partial charge on any atom is -0.467 e. The van der Waals surface area contributed by atoms with Gasteiger partial charge in [-0.25, -0.2) is 0 Å². The van der Waals surface area contributed by atoms with Crippen LogP contribution < -0.4 is 5.32 Å². The number of nitrogens with zero attached hydrogens (tertiary/aromatic N) is 1. The quantitative estimate of drug-likeness (QED) is 0.612. The van der Waals surface area contributed by atoms with Crippen LogP contribution in [0.1, 0.15) is 21.9 Å². The van der Waals surface area contributed by atoms with E-state index in [1.165, 1.54) is 30.7 Å². The minimum absolute atomic E-state index is 0.00945. The first kappa shape index (κ1) is 20.5. The maximum absolute atomic E-state index is 13.0. The number of hydrogen-bond acceptors (Lipinski definition) is 4. The van der Waals surface area contributed by atoms with Gasteiger partial charge in [-0.05, 0) is 42.5 Å². The van der Waals surface area contributed by atoms with Gasteiger partial charge in [-0.2, -0.15) is 13.2 Å². The van der Waals surface area contributed by atoms with E-state index in [0.29, 0.717) is 5.76 Å². The Morgan fingerprint density at radius 2 is 1.79 bits per heavy atom. The Kier molecular flexibility index (Phi) is 5.97.